The average Bonchev–Trinajstić information content (AvgIpc) is 3.39. The fraction of sp³-hybridized carbons (Fsp3) is 0.192. The van der Waals surface area contributed by atoms with E-state index in [0.717, 1.165) is 26.5 Å². The van der Waals surface area contributed by atoms with Crippen LogP contribution in [0.2, 0.25) is 0 Å². The maximum atomic E-state index is 13.9. The number of halogens is 2. The van der Waals surface area contributed by atoms with Crippen molar-refractivity contribution in [1.29, 1.82) is 0 Å². The number of rotatable bonds is 7. The van der Waals surface area contributed by atoms with Gasteiger partial charge in [-0.1, -0.05) is 0 Å². The van der Waals surface area contributed by atoms with Gasteiger partial charge in [-0.3, -0.25) is 4.79 Å². The summed E-state index contributed by atoms with van der Waals surface area (Å²) in [4.78, 5) is 31.8. The van der Waals surface area contributed by atoms with Gasteiger partial charge in [0.15, 0.2) is 11.6 Å². The van der Waals surface area contributed by atoms with Crippen LogP contribution >= 0.6 is 11.3 Å². The third-order valence-corrected chi connectivity index (χ3v) is 8.45. The predicted octanol–water partition coefficient (Wildman–Crippen LogP) is 3.59. The van der Waals surface area contributed by atoms with Crippen LogP contribution in [0.4, 0.5) is 25.1 Å². The number of ether oxygens (including phenoxy) is 1. The van der Waals surface area contributed by atoms with Crippen molar-refractivity contribution in [2.75, 3.05) is 29.4 Å². The highest BCUT2D eigenvalue weighted by Gasteiger charge is 2.33. The van der Waals surface area contributed by atoms with Crippen LogP contribution in [0.3, 0.4) is 0 Å². The summed E-state index contributed by atoms with van der Waals surface area (Å²) in [6.45, 7) is -0.0713. The number of pyridine rings is 1. The molecule has 0 saturated carbocycles. The van der Waals surface area contributed by atoms with Crippen LogP contribution in [0.25, 0.3) is 10.1 Å². The van der Waals surface area contributed by atoms with Gasteiger partial charge in [0.1, 0.15) is 24.3 Å². The van der Waals surface area contributed by atoms with Gasteiger partial charge in [0, 0.05) is 36.1 Å². The standard InChI is InChI=1S/C26H23F2N5O5S2/c1-32(20-4-5-23-17(14-20)6-10-39-23)25(34)21(13-16-11-18(27)15-19(28)12-16)30-26(35)31-40(36,37)33-8-9-38-22-3-2-7-29-24(22)33/h2-7,10-12,14-15,21H,8-9,13H2,1H3,(H2,30,31,35)/t21-/m0/s1. The molecule has 1 aliphatic heterocycles. The van der Waals surface area contributed by atoms with Crippen LogP contribution in [0.5, 0.6) is 5.75 Å². The van der Waals surface area contributed by atoms with Crippen molar-refractivity contribution in [1.82, 2.24) is 15.0 Å². The summed E-state index contributed by atoms with van der Waals surface area (Å²) >= 11 is 1.54. The lowest BCUT2D eigenvalue weighted by molar-refractivity contribution is -0.120. The number of nitrogens with one attached hydrogen (secondary N) is 2. The van der Waals surface area contributed by atoms with Crippen molar-refractivity contribution in [2.24, 2.45) is 0 Å². The number of benzene rings is 2. The molecule has 40 heavy (non-hydrogen) atoms. The second-order valence-electron chi connectivity index (χ2n) is 8.90. The number of hydrogen-bond acceptors (Lipinski definition) is 7. The molecule has 208 valence electrons. The Morgan fingerprint density at radius 2 is 1.93 bits per heavy atom. The van der Waals surface area contributed by atoms with Gasteiger partial charge in [0.25, 0.3) is 0 Å². The molecule has 0 bridgehead atoms. The summed E-state index contributed by atoms with van der Waals surface area (Å²) in [6, 6.07) is 10.5. The monoisotopic (exact) mass is 587 g/mol. The van der Waals surface area contributed by atoms with E-state index in [-0.39, 0.29) is 36.7 Å². The van der Waals surface area contributed by atoms with Gasteiger partial charge in [0.2, 0.25) is 5.91 Å². The number of hydrogen-bond donors (Lipinski definition) is 2. The van der Waals surface area contributed by atoms with E-state index < -0.39 is 39.8 Å². The van der Waals surface area contributed by atoms with Gasteiger partial charge in [-0.25, -0.2) is 27.6 Å². The van der Waals surface area contributed by atoms with E-state index in [0.29, 0.717) is 11.8 Å². The van der Waals surface area contributed by atoms with E-state index >= 15 is 0 Å². The number of nitrogens with zero attached hydrogens (tertiary/aromatic N) is 3. The Hall–Kier alpha value is -4.30. The van der Waals surface area contributed by atoms with Crippen molar-refractivity contribution in [3.8, 4) is 5.75 Å². The molecule has 2 aromatic heterocycles. The zero-order valence-electron chi connectivity index (χ0n) is 21.0. The molecule has 2 aromatic carbocycles. The number of fused-ring (bicyclic) bond motifs is 2. The molecule has 0 radical (unpaired) electrons. The summed E-state index contributed by atoms with van der Waals surface area (Å²) in [5.74, 6) is -2.12. The molecule has 0 saturated heterocycles. The van der Waals surface area contributed by atoms with E-state index in [2.05, 4.69) is 10.3 Å². The average molecular weight is 588 g/mol. The quantitative estimate of drug-likeness (QED) is 0.341. The van der Waals surface area contributed by atoms with Crippen LogP contribution in [0.15, 0.2) is 66.2 Å². The fourth-order valence-electron chi connectivity index (χ4n) is 4.31. The Kier molecular flexibility index (Phi) is 7.54. The number of amides is 3. The third kappa shape index (κ3) is 5.82. The zero-order valence-corrected chi connectivity index (χ0v) is 22.6. The van der Waals surface area contributed by atoms with Crippen molar-refractivity contribution < 1.29 is 31.5 Å². The summed E-state index contributed by atoms with van der Waals surface area (Å²) in [6.07, 6.45) is 1.07. The first-order valence-corrected chi connectivity index (χ1v) is 14.3. The number of carbonyl (C=O) groups excluding carboxylic acids is 2. The molecular formula is C26H23F2N5O5S2. The van der Waals surface area contributed by atoms with Crippen LogP contribution in [0, 0.1) is 11.6 Å². The second kappa shape index (κ2) is 11.1. The summed E-state index contributed by atoms with van der Waals surface area (Å²) in [7, 11) is -2.97. The molecule has 5 rings (SSSR count). The largest absolute Gasteiger partial charge is 0.488 e. The molecule has 10 nitrogen and oxygen atoms in total. The van der Waals surface area contributed by atoms with Crippen molar-refractivity contribution in [2.45, 2.75) is 12.5 Å². The first-order valence-electron chi connectivity index (χ1n) is 12.0. The lowest BCUT2D eigenvalue weighted by Gasteiger charge is -2.29. The van der Waals surface area contributed by atoms with Crippen LogP contribution < -0.4 is 24.0 Å². The van der Waals surface area contributed by atoms with Crippen LogP contribution in [0.1, 0.15) is 5.56 Å². The minimum absolute atomic E-state index is 0.000434. The number of thiophene rings is 1. The minimum Gasteiger partial charge on any atom is -0.488 e. The molecule has 3 amide bonds. The zero-order chi connectivity index (χ0) is 28.4. The second-order valence-corrected chi connectivity index (χ2v) is 11.4. The SMILES string of the molecule is CN(C(=O)[C@H](Cc1cc(F)cc(F)c1)NC(=O)NS(=O)(=O)N1CCOc2cccnc21)c1ccc2sccc2c1. The van der Waals surface area contributed by atoms with Gasteiger partial charge in [0.05, 0.1) is 6.54 Å². The molecule has 4 aromatic rings. The topological polar surface area (TPSA) is 121 Å². The molecule has 0 spiro atoms. The van der Waals surface area contributed by atoms with E-state index in [1.54, 1.807) is 24.3 Å². The number of carbonyl (C=O) groups is 2. The Morgan fingerprint density at radius 3 is 2.70 bits per heavy atom. The molecule has 1 atom stereocenters. The molecule has 1 aliphatic rings. The highest BCUT2D eigenvalue weighted by Crippen LogP contribution is 2.30. The molecule has 0 unspecified atom stereocenters. The Morgan fingerprint density at radius 1 is 1.15 bits per heavy atom. The van der Waals surface area contributed by atoms with Crippen LogP contribution in [-0.2, 0) is 21.4 Å². The highest BCUT2D eigenvalue weighted by atomic mass is 32.2. The Bertz CT molecular complexity index is 1680. The maximum absolute atomic E-state index is 13.9. The first kappa shape index (κ1) is 27.3. The Labute approximate surface area is 232 Å². The third-order valence-electron chi connectivity index (χ3n) is 6.17. The van der Waals surface area contributed by atoms with E-state index in [1.165, 1.54) is 29.5 Å². The molecule has 2 N–H and O–H groups in total. The molecular weight excluding hydrogens is 564 g/mol. The lowest BCUT2D eigenvalue weighted by Crippen LogP contribution is -2.55. The normalized spacial score (nSPS) is 13.7. The van der Waals surface area contributed by atoms with Gasteiger partial charge in [-0.05, 0) is 64.9 Å². The van der Waals surface area contributed by atoms with Gasteiger partial charge < -0.3 is 15.0 Å². The van der Waals surface area contributed by atoms with Gasteiger partial charge in [-0.2, -0.15) is 8.42 Å². The summed E-state index contributed by atoms with van der Waals surface area (Å²) < 4.78 is 63.2. The first-order chi connectivity index (χ1) is 19.1. The lowest BCUT2D eigenvalue weighted by atomic mass is 10.0. The van der Waals surface area contributed by atoms with Crippen molar-refractivity contribution >= 4 is 55.1 Å². The summed E-state index contributed by atoms with van der Waals surface area (Å²) in [5, 5.41) is 5.18. The van der Waals surface area contributed by atoms with Gasteiger partial charge >= 0.3 is 16.2 Å². The summed E-state index contributed by atoms with van der Waals surface area (Å²) in [5.41, 5.74) is 0.601. The minimum atomic E-state index is -4.46. The predicted molar refractivity (Wildman–Crippen MR) is 147 cm³/mol. The molecule has 14 heteroatoms. The molecule has 0 fully saturated rings. The molecule has 0 aliphatic carbocycles. The highest BCUT2D eigenvalue weighted by molar-refractivity contribution is 7.91. The van der Waals surface area contributed by atoms with Crippen molar-refractivity contribution in [3.63, 3.8) is 0 Å². The van der Waals surface area contributed by atoms with E-state index in [4.69, 9.17) is 4.74 Å². The van der Waals surface area contributed by atoms with Crippen LogP contribution in [-0.4, -0.2) is 51.6 Å². The molecule has 3 heterocycles. The van der Waals surface area contributed by atoms with Crippen molar-refractivity contribution in [3.05, 3.63) is 83.4 Å². The van der Waals surface area contributed by atoms with Gasteiger partial charge in [-0.15, -0.1) is 11.3 Å². The number of aromatic nitrogens is 1. The Balaban J connectivity index is 1.39. The number of likely N-dealkylation sites (N-methyl/N-ethyl adjacent to an activating group) is 1. The fourth-order valence-corrected chi connectivity index (χ4v) is 6.16. The smallest absolute Gasteiger partial charge is 0.330 e. The van der Waals surface area contributed by atoms with E-state index in [9.17, 15) is 26.8 Å². The number of anilines is 2. The number of urea groups is 1. The maximum Gasteiger partial charge on any atom is 0.330 e. The van der Waals surface area contributed by atoms with E-state index in [1.807, 2.05) is 22.2 Å².